The Morgan fingerprint density at radius 1 is 1.31 bits per heavy atom. The number of pyridine rings is 1. The smallest absolute Gasteiger partial charge is 0.0961 e. The molecule has 0 amide bonds. The molecular weight excluding hydrogens is 186 g/mol. The lowest BCUT2D eigenvalue weighted by atomic mass is 10.2. The molecule has 0 aliphatic carbocycles. The highest BCUT2D eigenvalue weighted by atomic mass is 35.5. The Bertz CT molecular complexity index is 442. The third kappa shape index (κ3) is 1.32. The molecule has 0 aliphatic rings. The number of rotatable bonds is 1. The summed E-state index contributed by atoms with van der Waals surface area (Å²) in [5.74, 6) is 5.33. The van der Waals surface area contributed by atoms with E-state index < -0.39 is 0 Å². The van der Waals surface area contributed by atoms with Crippen molar-refractivity contribution in [3.63, 3.8) is 0 Å². The molecule has 0 bridgehead atoms. The molecule has 0 saturated carbocycles. The predicted octanol–water partition coefficient (Wildman–Crippen LogP) is 2.17. The Kier molecular flexibility index (Phi) is 2.04. The largest absolute Gasteiger partial charge is 0.322 e. The molecule has 66 valence electrons. The van der Waals surface area contributed by atoms with Crippen LogP contribution in [0.15, 0.2) is 30.5 Å². The molecule has 0 unspecified atom stereocenters. The van der Waals surface area contributed by atoms with E-state index in [1.54, 1.807) is 18.3 Å². The summed E-state index contributed by atoms with van der Waals surface area (Å²) in [6.07, 6.45) is 1.71. The van der Waals surface area contributed by atoms with Crippen LogP contribution in [0.4, 0.5) is 5.69 Å². The van der Waals surface area contributed by atoms with Gasteiger partial charge in [0.2, 0.25) is 0 Å². The second-order valence-corrected chi connectivity index (χ2v) is 3.05. The fourth-order valence-corrected chi connectivity index (χ4v) is 1.47. The number of aromatic nitrogens is 1. The molecule has 0 spiro atoms. The van der Waals surface area contributed by atoms with Gasteiger partial charge < -0.3 is 5.43 Å². The molecule has 13 heavy (non-hydrogen) atoms. The van der Waals surface area contributed by atoms with Crippen LogP contribution in [0.1, 0.15) is 0 Å². The van der Waals surface area contributed by atoms with Crippen LogP contribution in [0.5, 0.6) is 0 Å². The summed E-state index contributed by atoms with van der Waals surface area (Å²) in [5.41, 5.74) is 4.14. The summed E-state index contributed by atoms with van der Waals surface area (Å²) in [6, 6.07) is 7.35. The second kappa shape index (κ2) is 3.20. The fraction of sp³-hybridized carbons (Fsp3) is 0. The summed E-state index contributed by atoms with van der Waals surface area (Å²) < 4.78 is 0. The number of fused-ring (bicyclic) bond motifs is 1. The van der Waals surface area contributed by atoms with Gasteiger partial charge in [0.05, 0.1) is 16.2 Å². The lowest BCUT2D eigenvalue weighted by Crippen LogP contribution is -2.07. The minimum Gasteiger partial charge on any atom is -0.322 e. The molecule has 1 heterocycles. The van der Waals surface area contributed by atoms with Crippen molar-refractivity contribution < 1.29 is 0 Å². The van der Waals surface area contributed by atoms with Gasteiger partial charge in [-0.3, -0.25) is 10.8 Å². The highest BCUT2D eigenvalue weighted by Gasteiger charge is 2.03. The van der Waals surface area contributed by atoms with Gasteiger partial charge in [0, 0.05) is 11.6 Å². The number of halogens is 1. The zero-order valence-electron chi connectivity index (χ0n) is 6.79. The fourth-order valence-electron chi connectivity index (χ4n) is 1.25. The number of hydrogen-bond donors (Lipinski definition) is 2. The van der Waals surface area contributed by atoms with Crippen molar-refractivity contribution in [2.75, 3.05) is 5.43 Å². The normalized spacial score (nSPS) is 10.3. The minimum absolute atomic E-state index is 0.683. The summed E-state index contributed by atoms with van der Waals surface area (Å²) >= 11 is 5.98. The van der Waals surface area contributed by atoms with Crippen LogP contribution >= 0.6 is 11.6 Å². The molecule has 2 rings (SSSR count). The minimum atomic E-state index is 0.683. The Morgan fingerprint density at radius 2 is 2.15 bits per heavy atom. The first-order valence-electron chi connectivity index (χ1n) is 3.83. The standard InChI is InChI=1S/C9H8ClN3/c10-7-3-4-8(13-11)9-6(7)2-1-5-12-9/h1-5,13H,11H2. The number of benzene rings is 1. The molecule has 3 nitrogen and oxygen atoms in total. The topological polar surface area (TPSA) is 50.9 Å². The van der Waals surface area contributed by atoms with E-state index in [9.17, 15) is 0 Å². The van der Waals surface area contributed by atoms with Gasteiger partial charge >= 0.3 is 0 Å². The van der Waals surface area contributed by atoms with Crippen molar-refractivity contribution in [2.45, 2.75) is 0 Å². The number of nitrogen functional groups attached to an aromatic ring is 1. The van der Waals surface area contributed by atoms with E-state index in [4.69, 9.17) is 17.4 Å². The zero-order chi connectivity index (χ0) is 9.26. The van der Waals surface area contributed by atoms with E-state index in [-0.39, 0.29) is 0 Å². The van der Waals surface area contributed by atoms with E-state index in [0.29, 0.717) is 5.02 Å². The number of nitrogens with two attached hydrogens (primary N) is 1. The van der Waals surface area contributed by atoms with Gasteiger partial charge in [0.15, 0.2) is 0 Å². The average molecular weight is 194 g/mol. The van der Waals surface area contributed by atoms with Crippen molar-refractivity contribution in [1.82, 2.24) is 4.98 Å². The maximum Gasteiger partial charge on any atom is 0.0961 e. The van der Waals surface area contributed by atoms with Crippen LogP contribution in [0.3, 0.4) is 0 Å². The molecular formula is C9H8ClN3. The first kappa shape index (κ1) is 8.29. The van der Waals surface area contributed by atoms with Crippen molar-refractivity contribution >= 4 is 28.2 Å². The molecule has 1 aromatic heterocycles. The van der Waals surface area contributed by atoms with Gasteiger partial charge in [-0.05, 0) is 24.3 Å². The van der Waals surface area contributed by atoms with Crippen molar-refractivity contribution in [1.29, 1.82) is 0 Å². The molecule has 4 heteroatoms. The number of nitrogens with zero attached hydrogens (tertiary/aromatic N) is 1. The lowest BCUT2D eigenvalue weighted by Gasteiger charge is -2.05. The Morgan fingerprint density at radius 3 is 2.92 bits per heavy atom. The first-order valence-corrected chi connectivity index (χ1v) is 4.20. The summed E-state index contributed by atoms with van der Waals surface area (Å²) in [6.45, 7) is 0. The molecule has 0 saturated heterocycles. The average Bonchev–Trinajstić information content (AvgIpc) is 2.19. The van der Waals surface area contributed by atoms with E-state index >= 15 is 0 Å². The Balaban J connectivity index is 2.84. The van der Waals surface area contributed by atoms with Gasteiger partial charge in [0.25, 0.3) is 0 Å². The van der Waals surface area contributed by atoms with E-state index in [2.05, 4.69) is 10.4 Å². The zero-order valence-corrected chi connectivity index (χ0v) is 7.55. The molecule has 0 fully saturated rings. The van der Waals surface area contributed by atoms with E-state index in [1.807, 2.05) is 12.1 Å². The molecule has 1 aromatic carbocycles. The van der Waals surface area contributed by atoms with Crippen LogP contribution in [0, 0.1) is 0 Å². The van der Waals surface area contributed by atoms with Crippen LogP contribution in [0.2, 0.25) is 5.02 Å². The van der Waals surface area contributed by atoms with Crippen LogP contribution < -0.4 is 11.3 Å². The number of anilines is 1. The van der Waals surface area contributed by atoms with Crippen molar-refractivity contribution in [3.8, 4) is 0 Å². The number of hydrazine groups is 1. The summed E-state index contributed by atoms with van der Waals surface area (Å²) in [5, 5.41) is 1.58. The summed E-state index contributed by atoms with van der Waals surface area (Å²) in [7, 11) is 0. The van der Waals surface area contributed by atoms with Gasteiger partial charge in [-0.2, -0.15) is 0 Å². The number of hydrogen-bond acceptors (Lipinski definition) is 3. The molecule has 0 radical (unpaired) electrons. The van der Waals surface area contributed by atoms with Crippen molar-refractivity contribution in [3.05, 3.63) is 35.5 Å². The molecule has 0 aliphatic heterocycles. The van der Waals surface area contributed by atoms with Crippen molar-refractivity contribution in [2.24, 2.45) is 5.84 Å². The maximum atomic E-state index is 5.98. The quantitative estimate of drug-likeness (QED) is 0.539. The van der Waals surface area contributed by atoms with Gasteiger partial charge in [-0.25, -0.2) is 0 Å². The van der Waals surface area contributed by atoms with Crippen LogP contribution in [-0.2, 0) is 0 Å². The van der Waals surface area contributed by atoms with Crippen LogP contribution in [-0.4, -0.2) is 4.98 Å². The summed E-state index contributed by atoms with van der Waals surface area (Å²) in [4.78, 5) is 4.19. The molecule has 0 atom stereocenters. The van der Waals surface area contributed by atoms with E-state index in [0.717, 1.165) is 16.6 Å². The predicted molar refractivity (Wildman–Crippen MR) is 54.6 cm³/mol. The highest BCUT2D eigenvalue weighted by molar-refractivity contribution is 6.35. The Hall–Kier alpha value is -1.32. The van der Waals surface area contributed by atoms with Gasteiger partial charge in [0.1, 0.15) is 0 Å². The van der Waals surface area contributed by atoms with Crippen LogP contribution in [0.25, 0.3) is 10.9 Å². The van der Waals surface area contributed by atoms with Gasteiger partial charge in [-0.15, -0.1) is 0 Å². The second-order valence-electron chi connectivity index (χ2n) is 2.64. The highest BCUT2D eigenvalue weighted by Crippen LogP contribution is 2.26. The lowest BCUT2D eigenvalue weighted by molar-refractivity contribution is 1.33. The van der Waals surface area contributed by atoms with E-state index in [1.165, 1.54) is 0 Å². The van der Waals surface area contributed by atoms with Gasteiger partial charge in [-0.1, -0.05) is 11.6 Å². The number of nitrogens with one attached hydrogen (secondary N) is 1. The molecule has 2 aromatic rings. The SMILES string of the molecule is NNc1ccc(Cl)c2cccnc12. The third-order valence-corrected chi connectivity index (χ3v) is 2.20. The first-order chi connectivity index (χ1) is 6.33. The third-order valence-electron chi connectivity index (χ3n) is 1.87. The Labute approximate surface area is 80.5 Å². The monoisotopic (exact) mass is 193 g/mol. The molecule has 3 N–H and O–H groups in total. The maximum absolute atomic E-state index is 5.98.